The zero-order valence-electron chi connectivity index (χ0n) is 10.8. The van der Waals surface area contributed by atoms with Crippen LogP contribution < -0.4 is 15.4 Å². The molecule has 2 N–H and O–H groups in total. The van der Waals surface area contributed by atoms with E-state index in [9.17, 15) is 0 Å². The van der Waals surface area contributed by atoms with Gasteiger partial charge in [0.2, 0.25) is 0 Å². The van der Waals surface area contributed by atoms with Gasteiger partial charge >= 0.3 is 0 Å². The van der Waals surface area contributed by atoms with Crippen LogP contribution >= 0.6 is 0 Å². The van der Waals surface area contributed by atoms with Crippen LogP contribution in [0.4, 0.5) is 5.69 Å². The lowest BCUT2D eigenvalue weighted by Gasteiger charge is -2.16. The van der Waals surface area contributed by atoms with Gasteiger partial charge in [0.15, 0.2) is 0 Å². The van der Waals surface area contributed by atoms with Crippen molar-refractivity contribution in [2.75, 3.05) is 25.5 Å². The molecule has 0 amide bonds. The van der Waals surface area contributed by atoms with Crippen molar-refractivity contribution in [2.45, 2.75) is 32.2 Å². The van der Waals surface area contributed by atoms with Crippen molar-refractivity contribution >= 4 is 5.69 Å². The normalized spacial score (nSPS) is 19.3. The Labute approximate surface area is 104 Å². The summed E-state index contributed by atoms with van der Waals surface area (Å²) in [5.41, 5.74) is 2.45. The molecule has 0 radical (unpaired) electrons. The molecule has 1 heterocycles. The van der Waals surface area contributed by atoms with Crippen molar-refractivity contribution in [3.05, 3.63) is 23.8 Å². The van der Waals surface area contributed by atoms with Crippen molar-refractivity contribution in [3.63, 3.8) is 0 Å². The second-order valence-electron chi connectivity index (χ2n) is 4.56. The molecule has 1 aromatic rings. The molecule has 1 fully saturated rings. The summed E-state index contributed by atoms with van der Waals surface area (Å²) in [5, 5.41) is 6.98. The third kappa shape index (κ3) is 3.13. The maximum Gasteiger partial charge on any atom is 0.141 e. The fourth-order valence-electron chi connectivity index (χ4n) is 2.28. The summed E-state index contributed by atoms with van der Waals surface area (Å²) in [4.78, 5) is 0. The van der Waals surface area contributed by atoms with Gasteiger partial charge in [-0.15, -0.1) is 0 Å². The number of nitrogens with one attached hydrogen (secondary N) is 2. The Hall–Kier alpha value is -1.22. The lowest BCUT2D eigenvalue weighted by molar-refractivity contribution is 0.416. The highest BCUT2D eigenvalue weighted by atomic mass is 16.5. The molecule has 17 heavy (non-hydrogen) atoms. The number of methoxy groups -OCH3 is 1. The van der Waals surface area contributed by atoms with E-state index in [0.717, 1.165) is 30.9 Å². The fraction of sp³-hybridized carbons (Fsp3) is 0.571. The van der Waals surface area contributed by atoms with Gasteiger partial charge in [-0.25, -0.2) is 0 Å². The molecule has 0 spiro atoms. The maximum atomic E-state index is 5.38. The summed E-state index contributed by atoms with van der Waals surface area (Å²) < 4.78 is 5.38. The first-order valence-corrected chi connectivity index (χ1v) is 6.47. The average molecular weight is 234 g/mol. The number of rotatable bonds is 5. The van der Waals surface area contributed by atoms with Gasteiger partial charge in [0.05, 0.1) is 12.8 Å². The first-order chi connectivity index (χ1) is 8.33. The van der Waals surface area contributed by atoms with Gasteiger partial charge < -0.3 is 15.4 Å². The second-order valence-corrected chi connectivity index (χ2v) is 4.56. The van der Waals surface area contributed by atoms with Crippen LogP contribution in [0.25, 0.3) is 0 Å². The Bertz CT molecular complexity index is 359. The Balaban J connectivity index is 2.01. The summed E-state index contributed by atoms with van der Waals surface area (Å²) in [6.07, 6.45) is 3.61. The van der Waals surface area contributed by atoms with Crippen LogP contribution in [0.2, 0.25) is 0 Å². The lowest BCUT2D eigenvalue weighted by Crippen LogP contribution is -2.29. The molecule has 0 saturated carbocycles. The third-order valence-electron chi connectivity index (χ3n) is 3.37. The number of hydrogen-bond acceptors (Lipinski definition) is 3. The zero-order chi connectivity index (χ0) is 12.1. The van der Waals surface area contributed by atoms with Crippen molar-refractivity contribution in [3.8, 4) is 5.75 Å². The van der Waals surface area contributed by atoms with Crippen LogP contribution in [0.1, 0.15) is 25.3 Å². The molecule has 94 valence electrons. The molecule has 1 saturated heterocycles. The van der Waals surface area contributed by atoms with Gasteiger partial charge in [-0.3, -0.25) is 0 Å². The first kappa shape index (κ1) is 12.2. The molecule has 0 aliphatic carbocycles. The number of benzene rings is 1. The smallest absolute Gasteiger partial charge is 0.141 e. The number of aryl methyl sites for hydroxylation is 1. The van der Waals surface area contributed by atoms with Crippen LogP contribution in [0, 0.1) is 0 Å². The van der Waals surface area contributed by atoms with Gasteiger partial charge in [0.25, 0.3) is 0 Å². The van der Waals surface area contributed by atoms with E-state index in [-0.39, 0.29) is 0 Å². The number of hydrogen-bond donors (Lipinski definition) is 2. The molecule has 3 nitrogen and oxygen atoms in total. The second kappa shape index (κ2) is 5.92. The Morgan fingerprint density at radius 1 is 1.47 bits per heavy atom. The minimum atomic E-state index is 0.602. The van der Waals surface area contributed by atoms with E-state index in [1.54, 1.807) is 7.11 Å². The van der Waals surface area contributed by atoms with E-state index in [1.165, 1.54) is 18.4 Å². The lowest BCUT2D eigenvalue weighted by atomic mass is 10.1. The van der Waals surface area contributed by atoms with E-state index in [4.69, 9.17) is 4.74 Å². The van der Waals surface area contributed by atoms with E-state index in [2.05, 4.69) is 29.7 Å². The molecule has 1 atom stereocenters. The Morgan fingerprint density at radius 2 is 2.35 bits per heavy atom. The third-order valence-corrected chi connectivity index (χ3v) is 3.37. The monoisotopic (exact) mass is 234 g/mol. The number of anilines is 1. The highest BCUT2D eigenvalue weighted by Crippen LogP contribution is 2.25. The predicted octanol–water partition coefficient (Wildman–Crippen LogP) is 2.42. The largest absolute Gasteiger partial charge is 0.495 e. The van der Waals surface area contributed by atoms with Crippen LogP contribution in [-0.2, 0) is 6.42 Å². The molecule has 3 heteroatoms. The molecule has 1 aliphatic rings. The van der Waals surface area contributed by atoms with Crippen LogP contribution in [-0.4, -0.2) is 26.2 Å². The van der Waals surface area contributed by atoms with Gasteiger partial charge in [0.1, 0.15) is 5.75 Å². The van der Waals surface area contributed by atoms with E-state index >= 15 is 0 Å². The topological polar surface area (TPSA) is 33.3 Å². The first-order valence-electron chi connectivity index (χ1n) is 6.47. The quantitative estimate of drug-likeness (QED) is 0.821. The molecule has 1 unspecified atom stereocenters. The van der Waals surface area contributed by atoms with E-state index in [0.29, 0.717) is 6.04 Å². The van der Waals surface area contributed by atoms with Crippen LogP contribution in [0.15, 0.2) is 18.2 Å². The van der Waals surface area contributed by atoms with Crippen molar-refractivity contribution in [1.82, 2.24) is 5.32 Å². The minimum absolute atomic E-state index is 0.602. The highest BCUT2D eigenvalue weighted by Gasteiger charge is 2.14. The van der Waals surface area contributed by atoms with Gasteiger partial charge in [-0.05, 0) is 43.5 Å². The average Bonchev–Trinajstić information content (AvgIpc) is 2.89. The van der Waals surface area contributed by atoms with E-state index < -0.39 is 0 Å². The van der Waals surface area contributed by atoms with Gasteiger partial charge in [-0.2, -0.15) is 0 Å². The summed E-state index contributed by atoms with van der Waals surface area (Å²) in [5.74, 6) is 0.931. The molecular formula is C14H22N2O. The summed E-state index contributed by atoms with van der Waals surface area (Å²) in [6, 6.07) is 6.96. The molecule has 0 bridgehead atoms. The SMILES string of the molecule is CCc1ccc(OC)c(NCC2CCCN2)c1. The van der Waals surface area contributed by atoms with Crippen LogP contribution in [0.3, 0.4) is 0 Å². The zero-order valence-corrected chi connectivity index (χ0v) is 10.8. The van der Waals surface area contributed by atoms with Gasteiger partial charge in [-0.1, -0.05) is 13.0 Å². The van der Waals surface area contributed by atoms with Crippen molar-refractivity contribution < 1.29 is 4.74 Å². The fourth-order valence-corrected chi connectivity index (χ4v) is 2.28. The molecule has 1 aromatic carbocycles. The Morgan fingerprint density at radius 3 is 3.00 bits per heavy atom. The van der Waals surface area contributed by atoms with Crippen LogP contribution in [0.5, 0.6) is 5.75 Å². The van der Waals surface area contributed by atoms with E-state index in [1.807, 2.05) is 6.07 Å². The maximum absolute atomic E-state index is 5.38. The molecule has 0 aromatic heterocycles. The summed E-state index contributed by atoms with van der Waals surface area (Å²) >= 11 is 0. The van der Waals surface area contributed by atoms with Crippen molar-refractivity contribution in [2.24, 2.45) is 0 Å². The summed E-state index contributed by atoms with van der Waals surface area (Å²) in [6.45, 7) is 4.30. The standard InChI is InChI=1S/C14H22N2O/c1-3-11-6-7-14(17-2)13(9-11)16-10-12-5-4-8-15-12/h6-7,9,12,15-16H,3-5,8,10H2,1-2H3. The van der Waals surface area contributed by atoms with Crippen molar-refractivity contribution in [1.29, 1.82) is 0 Å². The van der Waals surface area contributed by atoms with Gasteiger partial charge in [0, 0.05) is 12.6 Å². The predicted molar refractivity (Wildman–Crippen MR) is 71.9 cm³/mol. The summed E-state index contributed by atoms with van der Waals surface area (Å²) in [7, 11) is 1.72. The number of ether oxygens (including phenoxy) is 1. The highest BCUT2D eigenvalue weighted by molar-refractivity contribution is 5.58. The Kier molecular flexibility index (Phi) is 4.26. The minimum Gasteiger partial charge on any atom is -0.495 e. The molecular weight excluding hydrogens is 212 g/mol. The molecule has 1 aliphatic heterocycles. The molecule has 2 rings (SSSR count).